The summed E-state index contributed by atoms with van der Waals surface area (Å²) in [6.07, 6.45) is -2.61. The molecule has 0 saturated carbocycles. The molecule has 1 rings (SSSR count). The zero-order valence-electron chi connectivity index (χ0n) is 14.3. The minimum absolute atomic E-state index is 0.0890. The van der Waals surface area contributed by atoms with E-state index in [1.165, 1.54) is 24.3 Å². The van der Waals surface area contributed by atoms with E-state index in [-0.39, 0.29) is 12.1 Å². The summed E-state index contributed by atoms with van der Waals surface area (Å²) in [6.45, 7) is 5.02. The molecule has 25 heavy (non-hydrogen) atoms. The molecule has 0 aromatic heterocycles. The number of aliphatic hydroxyl groups excluding tert-OH is 1. The summed E-state index contributed by atoms with van der Waals surface area (Å²) in [4.78, 5) is 32.9. The average molecular weight is 354 g/mol. The first-order valence-corrected chi connectivity index (χ1v) is 7.60. The molecule has 2 atom stereocenters. The lowest BCUT2D eigenvalue weighted by molar-refractivity contribution is -0.384. The molecule has 0 aliphatic carbocycles. The van der Waals surface area contributed by atoms with E-state index in [4.69, 9.17) is 9.84 Å². The van der Waals surface area contributed by atoms with Crippen LogP contribution in [0.25, 0.3) is 0 Å². The van der Waals surface area contributed by atoms with Crippen LogP contribution in [0.3, 0.4) is 0 Å². The van der Waals surface area contributed by atoms with E-state index in [1.807, 2.05) is 0 Å². The molecule has 0 fully saturated rings. The summed E-state index contributed by atoms with van der Waals surface area (Å²) in [5, 5.41) is 32.0. The van der Waals surface area contributed by atoms with Crippen molar-refractivity contribution in [3.63, 3.8) is 0 Å². The maximum atomic E-state index is 11.9. The molecule has 9 nitrogen and oxygen atoms in total. The second-order valence-electron chi connectivity index (χ2n) is 6.55. The van der Waals surface area contributed by atoms with Crippen LogP contribution >= 0.6 is 0 Å². The Kier molecular flexibility index (Phi) is 6.86. The molecule has 0 bridgehead atoms. The molecule has 1 aromatic rings. The zero-order chi connectivity index (χ0) is 19.2. The maximum absolute atomic E-state index is 11.9. The quantitative estimate of drug-likeness (QED) is 0.501. The zero-order valence-corrected chi connectivity index (χ0v) is 14.3. The number of aliphatic carboxylic acids is 1. The average Bonchev–Trinajstić information content (AvgIpc) is 2.44. The largest absolute Gasteiger partial charge is 0.481 e. The van der Waals surface area contributed by atoms with Crippen molar-refractivity contribution in [1.29, 1.82) is 0 Å². The van der Waals surface area contributed by atoms with Crippen LogP contribution in [0.15, 0.2) is 24.3 Å². The molecule has 0 spiro atoms. The first kappa shape index (κ1) is 20.4. The Bertz CT molecular complexity index is 622. The molecule has 9 heteroatoms. The van der Waals surface area contributed by atoms with Crippen LogP contribution in [0.4, 0.5) is 10.5 Å². The van der Waals surface area contributed by atoms with Crippen molar-refractivity contribution in [2.24, 2.45) is 0 Å². The Morgan fingerprint density at radius 1 is 1.28 bits per heavy atom. The fourth-order valence-electron chi connectivity index (χ4n) is 2.07. The molecule has 0 saturated heterocycles. The van der Waals surface area contributed by atoms with Gasteiger partial charge in [0.1, 0.15) is 5.60 Å². The summed E-state index contributed by atoms with van der Waals surface area (Å²) in [7, 11) is 0. The molecule has 0 unspecified atom stereocenters. The van der Waals surface area contributed by atoms with Gasteiger partial charge >= 0.3 is 12.1 Å². The molecule has 1 amide bonds. The molecule has 0 aliphatic rings. The Hall–Kier alpha value is -2.68. The third kappa shape index (κ3) is 7.62. The summed E-state index contributed by atoms with van der Waals surface area (Å²) >= 11 is 0. The second kappa shape index (κ2) is 8.43. The highest BCUT2D eigenvalue weighted by Gasteiger charge is 2.26. The number of nitrogens with zero attached hydrogens (tertiary/aromatic N) is 1. The number of hydrogen-bond acceptors (Lipinski definition) is 6. The second-order valence-corrected chi connectivity index (χ2v) is 6.55. The van der Waals surface area contributed by atoms with Crippen LogP contribution in [0.1, 0.15) is 32.8 Å². The number of alkyl carbamates (subject to hydrolysis) is 1. The van der Waals surface area contributed by atoms with Gasteiger partial charge in [-0.05, 0) is 32.8 Å². The van der Waals surface area contributed by atoms with E-state index in [0.717, 1.165) is 0 Å². The van der Waals surface area contributed by atoms with Gasteiger partial charge in [0.25, 0.3) is 5.69 Å². The van der Waals surface area contributed by atoms with Gasteiger partial charge in [0.05, 0.1) is 23.5 Å². The van der Waals surface area contributed by atoms with Gasteiger partial charge in [0.15, 0.2) is 0 Å². The Balaban J connectivity index is 2.88. The highest BCUT2D eigenvalue weighted by molar-refractivity contribution is 5.69. The van der Waals surface area contributed by atoms with E-state index in [2.05, 4.69) is 5.32 Å². The normalized spacial score (nSPS) is 13.6. The number of non-ortho nitro benzene ring substituents is 1. The number of benzene rings is 1. The number of nitro groups is 1. The van der Waals surface area contributed by atoms with Crippen molar-refractivity contribution in [3.05, 3.63) is 39.9 Å². The third-order valence-electron chi connectivity index (χ3n) is 3.15. The minimum Gasteiger partial charge on any atom is -0.481 e. The molecule has 0 heterocycles. The fraction of sp³-hybridized carbons (Fsp3) is 0.500. The SMILES string of the molecule is CC(C)(C)OC(=O)N[C@@H](Cc1ccc([N+](=O)[O-])cc1)[C@@H](O)CC(=O)O. The molecule has 3 N–H and O–H groups in total. The van der Waals surface area contributed by atoms with E-state index >= 15 is 0 Å². The third-order valence-corrected chi connectivity index (χ3v) is 3.15. The molecule has 0 radical (unpaired) electrons. The van der Waals surface area contributed by atoms with Gasteiger partial charge in [0.2, 0.25) is 0 Å². The summed E-state index contributed by atoms with van der Waals surface area (Å²) in [5.41, 5.74) is -0.248. The minimum atomic E-state index is -1.35. The van der Waals surface area contributed by atoms with Gasteiger partial charge in [-0.15, -0.1) is 0 Å². The van der Waals surface area contributed by atoms with Gasteiger partial charge in [-0.3, -0.25) is 14.9 Å². The number of rotatable bonds is 7. The molecular weight excluding hydrogens is 332 g/mol. The van der Waals surface area contributed by atoms with Crippen LogP contribution in [-0.4, -0.2) is 44.9 Å². The number of carboxylic acids is 1. The van der Waals surface area contributed by atoms with Gasteiger partial charge in [-0.25, -0.2) is 4.79 Å². The van der Waals surface area contributed by atoms with Crippen LogP contribution in [-0.2, 0) is 16.0 Å². The summed E-state index contributed by atoms with van der Waals surface area (Å²) in [5.74, 6) is -1.22. The smallest absolute Gasteiger partial charge is 0.407 e. The number of hydrogen-bond donors (Lipinski definition) is 3. The van der Waals surface area contributed by atoms with Crippen LogP contribution in [0.5, 0.6) is 0 Å². The number of nitrogens with one attached hydrogen (secondary N) is 1. The number of ether oxygens (including phenoxy) is 1. The summed E-state index contributed by atoms with van der Waals surface area (Å²) in [6, 6.07) is 4.63. The van der Waals surface area contributed by atoms with E-state index in [1.54, 1.807) is 20.8 Å². The predicted molar refractivity (Wildman–Crippen MR) is 88.2 cm³/mol. The summed E-state index contributed by atoms with van der Waals surface area (Å²) < 4.78 is 5.11. The predicted octanol–water partition coefficient (Wildman–Crippen LogP) is 1.87. The van der Waals surface area contributed by atoms with Crippen LogP contribution < -0.4 is 5.32 Å². The van der Waals surface area contributed by atoms with Gasteiger partial charge in [0, 0.05) is 12.1 Å². The standard InChI is InChI=1S/C16H22N2O7/c1-16(2,3)25-15(22)17-12(13(19)9-14(20)21)8-10-4-6-11(7-5-10)18(23)24/h4-7,12-13,19H,8-9H2,1-3H3,(H,17,22)(H,20,21)/t12-,13-/m0/s1. The van der Waals surface area contributed by atoms with E-state index in [0.29, 0.717) is 5.56 Å². The van der Waals surface area contributed by atoms with Gasteiger partial charge in [-0.2, -0.15) is 0 Å². The Morgan fingerprint density at radius 3 is 2.28 bits per heavy atom. The molecule has 138 valence electrons. The monoisotopic (exact) mass is 354 g/mol. The topological polar surface area (TPSA) is 139 Å². The first-order chi connectivity index (χ1) is 11.5. The fourth-order valence-corrected chi connectivity index (χ4v) is 2.07. The number of carbonyl (C=O) groups is 2. The molecular formula is C16H22N2O7. The molecule has 0 aliphatic heterocycles. The number of carboxylic acid groups (broad SMARTS) is 1. The lowest BCUT2D eigenvalue weighted by Gasteiger charge is -2.26. The molecule has 1 aromatic carbocycles. The van der Waals surface area contributed by atoms with Crippen LogP contribution in [0, 0.1) is 10.1 Å². The number of aliphatic hydroxyl groups is 1. The van der Waals surface area contributed by atoms with Gasteiger partial charge in [-0.1, -0.05) is 12.1 Å². The maximum Gasteiger partial charge on any atom is 0.407 e. The number of amides is 1. The van der Waals surface area contributed by atoms with Crippen molar-refractivity contribution >= 4 is 17.7 Å². The number of carbonyl (C=O) groups excluding carboxylic acids is 1. The highest BCUT2D eigenvalue weighted by atomic mass is 16.6. The Labute approximate surface area is 144 Å². The Morgan fingerprint density at radius 2 is 1.84 bits per heavy atom. The number of nitro benzene ring substituents is 1. The first-order valence-electron chi connectivity index (χ1n) is 7.60. The van der Waals surface area contributed by atoms with Crippen molar-refractivity contribution in [2.75, 3.05) is 0 Å². The van der Waals surface area contributed by atoms with Crippen molar-refractivity contribution in [2.45, 2.75) is 51.4 Å². The van der Waals surface area contributed by atoms with E-state index in [9.17, 15) is 24.8 Å². The van der Waals surface area contributed by atoms with E-state index < -0.39 is 41.2 Å². The lowest BCUT2D eigenvalue weighted by Crippen LogP contribution is -2.47. The highest BCUT2D eigenvalue weighted by Crippen LogP contribution is 2.15. The van der Waals surface area contributed by atoms with Crippen molar-refractivity contribution in [3.8, 4) is 0 Å². The lowest BCUT2D eigenvalue weighted by atomic mass is 9.99. The van der Waals surface area contributed by atoms with Crippen molar-refractivity contribution in [1.82, 2.24) is 5.32 Å². The van der Waals surface area contributed by atoms with Crippen LogP contribution in [0.2, 0.25) is 0 Å². The van der Waals surface area contributed by atoms with Gasteiger partial charge < -0.3 is 20.3 Å². The van der Waals surface area contributed by atoms with Crippen molar-refractivity contribution < 1.29 is 29.5 Å².